The molecule has 1 heterocycles. The van der Waals surface area contributed by atoms with Crippen molar-refractivity contribution in [2.75, 3.05) is 0 Å². The van der Waals surface area contributed by atoms with E-state index in [1.54, 1.807) is 6.07 Å². The predicted molar refractivity (Wildman–Crippen MR) is 172 cm³/mol. The first-order valence-corrected chi connectivity index (χ1v) is 15.7. The van der Waals surface area contributed by atoms with E-state index >= 15 is 0 Å². The second-order valence-corrected chi connectivity index (χ2v) is 12.4. The van der Waals surface area contributed by atoms with Gasteiger partial charge in [0, 0.05) is 40.1 Å². The number of ether oxygens (including phenoxy) is 1. The average Bonchev–Trinajstić information content (AvgIpc) is 3.77. The molecule has 1 fully saturated rings. The van der Waals surface area contributed by atoms with Crippen molar-refractivity contribution in [3.63, 3.8) is 0 Å². The van der Waals surface area contributed by atoms with E-state index in [0.29, 0.717) is 28.7 Å². The lowest BCUT2D eigenvalue weighted by molar-refractivity contribution is -0.144. The summed E-state index contributed by atoms with van der Waals surface area (Å²) in [4.78, 5) is 24.7. The minimum absolute atomic E-state index is 0.0907. The third-order valence-corrected chi connectivity index (χ3v) is 8.69. The van der Waals surface area contributed by atoms with Gasteiger partial charge in [0.05, 0.1) is 6.04 Å². The van der Waals surface area contributed by atoms with Crippen molar-refractivity contribution >= 4 is 34.4 Å². The van der Waals surface area contributed by atoms with Crippen LogP contribution in [0.5, 0.6) is 5.75 Å². The Morgan fingerprint density at radius 3 is 2.47 bits per heavy atom. The molecule has 43 heavy (non-hydrogen) atoms. The van der Waals surface area contributed by atoms with Crippen LogP contribution in [0.4, 0.5) is 0 Å². The molecule has 2 N–H and O–H groups in total. The maximum absolute atomic E-state index is 13.4. The SMILES string of the molecule is CCCCc1ccc([C@H](C)NC(=O)c2ccc3c(Cc4cc(Cl)cc(O[C@H](C)C(=O)O)c4)c(C)n(CC4CC4)c3c2)cc1. The number of aliphatic carboxylic acids is 1. The van der Waals surface area contributed by atoms with E-state index in [9.17, 15) is 14.7 Å². The standard InChI is InChI=1S/C36H41ClN2O4/c1-5-6-7-25-10-12-28(13-11-25)22(2)38-35(40)29-14-15-32-33(23(3)39(34(32)19-29)21-26-8-9-26)18-27-16-30(37)20-31(17-27)43-24(4)36(41)42/h10-17,19-20,22,24,26H,5-9,18,21H2,1-4H3,(H,38,40)(H,41,42)/t22-,24+/m0/s1. The average molecular weight is 601 g/mol. The largest absolute Gasteiger partial charge is 0.479 e. The highest BCUT2D eigenvalue weighted by atomic mass is 35.5. The number of nitrogens with zero attached hydrogens (tertiary/aromatic N) is 1. The number of nitrogens with one attached hydrogen (secondary N) is 1. The van der Waals surface area contributed by atoms with Crippen molar-refractivity contribution in [3.05, 3.63) is 99.2 Å². The fraction of sp³-hybridized carbons (Fsp3) is 0.389. The maximum atomic E-state index is 13.4. The molecule has 1 aromatic heterocycles. The van der Waals surface area contributed by atoms with Crippen molar-refractivity contribution in [1.29, 1.82) is 0 Å². The number of halogens is 1. The first-order valence-electron chi connectivity index (χ1n) is 15.3. The van der Waals surface area contributed by atoms with Crippen molar-refractivity contribution in [2.45, 2.75) is 84.9 Å². The molecule has 0 aliphatic heterocycles. The molecule has 1 amide bonds. The summed E-state index contributed by atoms with van der Waals surface area (Å²) in [5.74, 6) is -0.0360. The normalized spacial score (nSPS) is 14.4. The first kappa shape index (κ1) is 30.7. The number of hydrogen-bond donors (Lipinski definition) is 2. The van der Waals surface area contributed by atoms with E-state index in [4.69, 9.17) is 16.3 Å². The van der Waals surface area contributed by atoms with E-state index in [0.717, 1.165) is 40.7 Å². The molecule has 4 aromatic rings. The molecule has 0 radical (unpaired) electrons. The van der Waals surface area contributed by atoms with E-state index in [-0.39, 0.29) is 11.9 Å². The Kier molecular flexibility index (Phi) is 9.46. The lowest BCUT2D eigenvalue weighted by atomic mass is 10.0. The third-order valence-electron chi connectivity index (χ3n) is 8.47. The maximum Gasteiger partial charge on any atom is 0.344 e. The molecule has 1 aliphatic carbocycles. The number of hydrogen-bond acceptors (Lipinski definition) is 3. The van der Waals surface area contributed by atoms with Gasteiger partial charge >= 0.3 is 5.97 Å². The molecule has 0 bridgehead atoms. The molecular weight excluding hydrogens is 560 g/mol. The number of rotatable bonds is 13. The smallest absolute Gasteiger partial charge is 0.344 e. The van der Waals surface area contributed by atoms with Crippen molar-refractivity contribution < 1.29 is 19.4 Å². The zero-order chi connectivity index (χ0) is 30.7. The number of carboxylic acid groups (broad SMARTS) is 1. The molecule has 1 aliphatic rings. The lowest BCUT2D eigenvalue weighted by Gasteiger charge is -2.15. The summed E-state index contributed by atoms with van der Waals surface area (Å²) in [5, 5.41) is 14.1. The number of carboxylic acids is 1. The van der Waals surface area contributed by atoms with Gasteiger partial charge in [-0.1, -0.05) is 55.3 Å². The van der Waals surface area contributed by atoms with Crippen LogP contribution in [-0.2, 0) is 24.2 Å². The Morgan fingerprint density at radius 2 is 1.79 bits per heavy atom. The van der Waals surface area contributed by atoms with Crippen LogP contribution in [0.25, 0.3) is 10.9 Å². The van der Waals surface area contributed by atoms with Crippen LogP contribution in [0.1, 0.15) is 90.8 Å². The molecule has 0 spiro atoms. The number of amides is 1. The summed E-state index contributed by atoms with van der Waals surface area (Å²) in [6, 6.07) is 19.8. The van der Waals surface area contributed by atoms with Gasteiger partial charge in [-0.05, 0) is 105 Å². The van der Waals surface area contributed by atoms with Crippen LogP contribution in [0.3, 0.4) is 0 Å². The third kappa shape index (κ3) is 7.42. The fourth-order valence-corrected chi connectivity index (χ4v) is 5.92. The second kappa shape index (κ2) is 13.3. The Morgan fingerprint density at radius 1 is 1.05 bits per heavy atom. The van der Waals surface area contributed by atoms with Crippen molar-refractivity contribution in [1.82, 2.24) is 9.88 Å². The molecule has 6 nitrogen and oxygen atoms in total. The zero-order valence-electron chi connectivity index (χ0n) is 25.5. The minimum Gasteiger partial charge on any atom is -0.479 e. The topological polar surface area (TPSA) is 80.6 Å². The van der Waals surface area contributed by atoms with Crippen LogP contribution in [0.2, 0.25) is 5.02 Å². The van der Waals surface area contributed by atoms with Gasteiger partial charge < -0.3 is 19.7 Å². The van der Waals surface area contributed by atoms with Gasteiger partial charge in [0.25, 0.3) is 5.91 Å². The molecule has 0 saturated heterocycles. The number of carbonyl (C=O) groups excluding carboxylic acids is 1. The first-order chi connectivity index (χ1) is 20.6. The second-order valence-electron chi connectivity index (χ2n) is 12.0. The Hall–Kier alpha value is -3.77. The highest BCUT2D eigenvalue weighted by Gasteiger charge is 2.25. The minimum atomic E-state index is -1.03. The monoisotopic (exact) mass is 600 g/mol. The molecule has 226 valence electrons. The molecule has 0 unspecified atom stereocenters. The highest BCUT2D eigenvalue weighted by molar-refractivity contribution is 6.30. The van der Waals surface area contributed by atoms with Crippen molar-refractivity contribution in [2.24, 2.45) is 5.92 Å². The molecular formula is C36H41ClN2O4. The Bertz CT molecular complexity index is 1620. The van der Waals surface area contributed by atoms with Crippen LogP contribution < -0.4 is 10.1 Å². The van der Waals surface area contributed by atoms with Gasteiger partial charge in [0.1, 0.15) is 5.75 Å². The van der Waals surface area contributed by atoms with E-state index in [1.807, 2.05) is 31.2 Å². The molecule has 1 saturated carbocycles. The highest BCUT2D eigenvalue weighted by Crippen LogP contribution is 2.36. The number of aryl methyl sites for hydroxylation is 1. The van der Waals surface area contributed by atoms with Crippen LogP contribution >= 0.6 is 11.6 Å². The summed E-state index contributed by atoms with van der Waals surface area (Å²) in [6.45, 7) is 8.78. The predicted octanol–water partition coefficient (Wildman–Crippen LogP) is 8.29. The lowest BCUT2D eigenvalue weighted by Crippen LogP contribution is -2.26. The van der Waals surface area contributed by atoms with Gasteiger partial charge in [-0.15, -0.1) is 0 Å². The van der Waals surface area contributed by atoms with Crippen LogP contribution in [-0.4, -0.2) is 27.7 Å². The quantitative estimate of drug-likeness (QED) is 0.162. The number of fused-ring (bicyclic) bond motifs is 1. The van der Waals surface area contributed by atoms with Gasteiger partial charge in [-0.25, -0.2) is 4.79 Å². The van der Waals surface area contributed by atoms with E-state index < -0.39 is 12.1 Å². The molecule has 2 atom stereocenters. The zero-order valence-corrected chi connectivity index (χ0v) is 26.2. The fourth-order valence-electron chi connectivity index (χ4n) is 5.67. The number of benzene rings is 3. The Balaban J connectivity index is 1.40. The molecule has 3 aromatic carbocycles. The number of carbonyl (C=O) groups is 2. The van der Waals surface area contributed by atoms with Crippen LogP contribution in [0, 0.1) is 12.8 Å². The summed E-state index contributed by atoms with van der Waals surface area (Å²) in [6.07, 6.45) is 5.50. The van der Waals surface area contributed by atoms with Gasteiger partial charge in [-0.2, -0.15) is 0 Å². The van der Waals surface area contributed by atoms with E-state index in [1.165, 1.54) is 43.7 Å². The van der Waals surface area contributed by atoms with Crippen LogP contribution in [0.15, 0.2) is 60.7 Å². The van der Waals surface area contributed by atoms with Gasteiger partial charge in [0.15, 0.2) is 6.10 Å². The molecule has 5 rings (SSSR count). The summed E-state index contributed by atoms with van der Waals surface area (Å²) in [7, 11) is 0. The van der Waals surface area contributed by atoms with E-state index in [2.05, 4.69) is 54.1 Å². The summed E-state index contributed by atoms with van der Waals surface area (Å²) >= 11 is 6.41. The number of unbranched alkanes of at least 4 members (excludes halogenated alkanes) is 1. The number of aromatic nitrogens is 1. The Labute approximate surface area is 259 Å². The van der Waals surface area contributed by atoms with Gasteiger partial charge in [-0.3, -0.25) is 4.79 Å². The summed E-state index contributed by atoms with van der Waals surface area (Å²) < 4.78 is 7.97. The molecule has 7 heteroatoms. The van der Waals surface area contributed by atoms with Gasteiger partial charge in [0.2, 0.25) is 0 Å². The van der Waals surface area contributed by atoms with Crippen molar-refractivity contribution in [3.8, 4) is 5.75 Å². The summed E-state index contributed by atoms with van der Waals surface area (Å²) in [5.41, 5.74) is 7.38.